The first kappa shape index (κ1) is 86.3. The molecule has 8 atom stereocenters. The van der Waals surface area contributed by atoms with Crippen molar-refractivity contribution >= 4 is 11.9 Å². The Bertz CT molecular complexity index is 2130. The summed E-state index contributed by atoms with van der Waals surface area (Å²) in [7, 11) is 0. The summed E-state index contributed by atoms with van der Waals surface area (Å²) in [6.45, 7) is 5.56. The van der Waals surface area contributed by atoms with E-state index in [1.165, 1.54) is 70.6 Å². The van der Waals surface area contributed by atoms with Crippen LogP contribution in [0.2, 0.25) is 0 Å². The number of carbonyl (C=O) groups excluding carboxylic acids is 2. The van der Waals surface area contributed by atoms with Crippen molar-refractivity contribution in [3.05, 3.63) is 158 Å². The van der Waals surface area contributed by atoms with Crippen molar-refractivity contribution in [2.75, 3.05) is 13.2 Å². The zero-order chi connectivity index (χ0) is 67.4. The van der Waals surface area contributed by atoms with Gasteiger partial charge in [-0.2, -0.15) is 0 Å². The van der Waals surface area contributed by atoms with Crippen molar-refractivity contribution in [2.45, 2.75) is 333 Å². The highest BCUT2D eigenvalue weighted by atomic mass is 16.7. The summed E-state index contributed by atoms with van der Waals surface area (Å²) in [6.07, 6.45) is 88.4. The molecule has 0 bridgehead atoms. The van der Waals surface area contributed by atoms with Crippen LogP contribution in [0.15, 0.2) is 158 Å². The normalized spacial score (nSPS) is 18.8. The Kier molecular flexibility index (Phi) is 62.4. The number of amides is 1. The smallest absolute Gasteiger partial charge is 0.306 e. The number of ether oxygens (including phenoxy) is 3. The molecule has 1 saturated heterocycles. The van der Waals surface area contributed by atoms with Crippen LogP contribution in [0.5, 0.6) is 0 Å². The maximum absolute atomic E-state index is 13.5. The largest absolute Gasteiger partial charge is 0.454 e. The van der Waals surface area contributed by atoms with Crippen LogP contribution in [0.3, 0.4) is 0 Å². The van der Waals surface area contributed by atoms with Gasteiger partial charge in [-0.25, -0.2) is 0 Å². The summed E-state index contributed by atoms with van der Waals surface area (Å²) >= 11 is 0. The van der Waals surface area contributed by atoms with E-state index in [0.717, 1.165) is 167 Å². The van der Waals surface area contributed by atoms with E-state index in [-0.39, 0.29) is 19.4 Å². The molecule has 1 heterocycles. The van der Waals surface area contributed by atoms with Gasteiger partial charge in [0.25, 0.3) is 0 Å². The summed E-state index contributed by atoms with van der Waals surface area (Å²) in [4.78, 5) is 26.8. The molecular weight excluding hydrogens is 1160 g/mol. The van der Waals surface area contributed by atoms with Gasteiger partial charge in [0.1, 0.15) is 24.4 Å². The number of esters is 1. The third-order valence-electron chi connectivity index (χ3n) is 16.4. The van der Waals surface area contributed by atoms with E-state index < -0.39 is 67.4 Å². The number of aliphatic hydroxyl groups excluding tert-OH is 5. The molecule has 1 amide bonds. The lowest BCUT2D eigenvalue weighted by Gasteiger charge is -2.41. The van der Waals surface area contributed by atoms with Crippen molar-refractivity contribution in [3.63, 3.8) is 0 Å². The van der Waals surface area contributed by atoms with Gasteiger partial charge in [-0.05, 0) is 128 Å². The lowest BCUT2D eigenvalue weighted by molar-refractivity contribution is -0.305. The zero-order valence-corrected chi connectivity index (χ0v) is 58.8. The molecule has 0 aliphatic carbocycles. The summed E-state index contributed by atoms with van der Waals surface area (Å²) < 4.78 is 17.7. The second-order valence-corrected chi connectivity index (χ2v) is 24.9. The van der Waals surface area contributed by atoms with E-state index in [0.29, 0.717) is 12.8 Å². The third-order valence-corrected chi connectivity index (χ3v) is 16.4. The fraction of sp³-hybridized carbons (Fsp3) is 0.659. The molecule has 1 fully saturated rings. The number of rotatable bonds is 62. The summed E-state index contributed by atoms with van der Waals surface area (Å²) in [5.41, 5.74) is 0. The molecule has 0 aromatic carbocycles. The number of hydrogen-bond donors (Lipinski definition) is 6. The Hall–Kier alpha value is -4.72. The first-order valence-corrected chi connectivity index (χ1v) is 37.3. The summed E-state index contributed by atoms with van der Waals surface area (Å²) in [5.74, 6) is -1.23. The van der Waals surface area contributed by atoms with E-state index in [2.05, 4.69) is 172 Å². The van der Waals surface area contributed by atoms with Crippen LogP contribution < -0.4 is 5.32 Å². The predicted molar refractivity (Wildman–Crippen MR) is 393 cm³/mol. The van der Waals surface area contributed by atoms with Crippen molar-refractivity contribution < 1.29 is 49.3 Å². The van der Waals surface area contributed by atoms with E-state index in [1.54, 1.807) is 6.08 Å². The van der Waals surface area contributed by atoms with Crippen LogP contribution in [0.25, 0.3) is 0 Å². The van der Waals surface area contributed by atoms with Gasteiger partial charge in [-0.1, -0.05) is 307 Å². The molecule has 11 heteroatoms. The molecule has 0 aromatic rings. The fourth-order valence-electron chi connectivity index (χ4n) is 10.7. The molecule has 1 aliphatic heterocycles. The summed E-state index contributed by atoms with van der Waals surface area (Å²) in [5, 5.41) is 57.4. The fourth-order valence-corrected chi connectivity index (χ4v) is 10.7. The van der Waals surface area contributed by atoms with E-state index in [4.69, 9.17) is 14.2 Å². The van der Waals surface area contributed by atoms with Crippen LogP contribution in [0, 0.1) is 0 Å². The quantitative estimate of drug-likeness (QED) is 0.0195. The number of aliphatic hydroxyl groups is 5. The SMILES string of the molecule is CC/C=C\C/C=C\C/C=C\C/C=C\C/C=C\C/C=C\CCCCCCCCCCC(=O)OC1C(OCC(NC(=O)C(O)CCCCCCC/C=C\C/C=C\C/C=C\C/C=C\C/C=C\C/C=C\CC)C(O)/C=C/CCCCCCCCCCCCC)OC(CO)C(O)C1O. The lowest BCUT2D eigenvalue weighted by atomic mass is 9.99. The Labute approximate surface area is 568 Å². The number of unbranched alkanes of at least 4 members (excludes halogenated alkanes) is 24. The number of hydrogen-bond acceptors (Lipinski definition) is 10. The maximum Gasteiger partial charge on any atom is 0.306 e. The second-order valence-electron chi connectivity index (χ2n) is 24.9. The molecule has 11 nitrogen and oxygen atoms in total. The molecule has 0 aromatic heterocycles. The minimum atomic E-state index is -1.63. The Morgan fingerprint density at radius 1 is 0.430 bits per heavy atom. The van der Waals surface area contributed by atoms with Crippen LogP contribution in [0.1, 0.15) is 284 Å². The van der Waals surface area contributed by atoms with Gasteiger partial charge < -0.3 is 45.1 Å². The van der Waals surface area contributed by atoms with Gasteiger partial charge in [-0.3, -0.25) is 9.59 Å². The third kappa shape index (κ3) is 54.1. The first-order chi connectivity index (χ1) is 45.7. The minimum Gasteiger partial charge on any atom is -0.454 e. The lowest BCUT2D eigenvalue weighted by Crippen LogP contribution is -2.61. The number of carbonyl (C=O) groups is 2. The van der Waals surface area contributed by atoms with Crippen LogP contribution in [-0.2, 0) is 23.8 Å². The molecule has 0 radical (unpaired) electrons. The second kappa shape index (κ2) is 67.3. The molecule has 528 valence electrons. The zero-order valence-electron chi connectivity index (χ0n) is 58.8. The molecular formula is C82H135NO10. The van der Waals surface area contributed by atoms with Gasteiger partial charge >= 0.3 is 5.97 Å². The van der Waals surface area contributed by atoms with Crippen molar-refractivity contribution in [1.82, 2.24) is 5.32 Å². The Balaban J connectivity index is 2.60. The highest BCUT2D eigenvalue weighted by Crippen LogP contribution is 2.26. The van der Waals surface area contributed by atoms with Crippen molar-refractivity contribution in [2.24, 2.45) is 0 Å². The van der Waals surface area contributed by atoms with Crippen LogP contribution in [0.4, 0.5) is 0 Å². The topological polar surface area (TPSA) is 175 Å². The van der Waals surface area contributed by atoms with Crippen LogP contribution in [-0.4, -0.2) is 99.6 Å². The van der Waals surface area contributed by atoms with Gasteiger partial charge in [0.2, 0.25) is 5.91 Å². The van der Waals surface area contributed by atoms with Gasteiger partial charge in [-0.15, -0.1) is 0 Å². The molecule has 0 saturated carbocycles. The highest BCUT2D eigenvalue weighted by molar-refractivity contribution is 5.80. The van der Waals surface area contributed by atoms with E-state index >= 15 is 0 Å². The van der Waals surface area contributed by atoms with Crippen molar-refractivity contribution in [1.29, 1.82) is 0 Å². The highest BCUT2D eigenvalue weighted by Gasteiger charge is 2.47. The maximum atomic E-state index is 13.5. The first-order valence-electron chi connectivity index (χ1n) is 37.3. The standard InChI is InChI=1S/C82H135NO10/c1-4-7-10-13-16-19-22-25-27-29-31-33-35-37-38-39-41-43-45-47-49-52-55-58-61-64-67-70-77(87)93-80-79(89)78(88)76(71-84)92-82(80)91-72-73(74(85)68-65-62-59-56-53-50-24-21-18-15-12-9-6-3)83-81(90)75(86)69-66-63-60-57-54-51-48-46-44-42-40-36-34-32-30-28-26-23-20-17-14-11-8-5-2/h7-8,10-11,16-17,19-20,25-28,31-34,37-38,40-43,46,48,65,68,73-76,78-80,82,84-86,88-89H,4-6,9,12-15,18,21-24,29-30,35-36,39,44-45,47,49-64,66-67,69-72H2,1-3H3,(H,83,90)/b10-7-,11-8-,19-16-,20-17-,27-25-,28-26-,33-31-,34-32-,38-37-,42-40-,43-41-,48-46-,68-65+. The minimum absolute atomic E-state index is 0.102. The summed E-state index contributed by atoms with van der Waals surface area (Å²) in [6, 6.07) is -1.05. The average Bonchev–Trinajstić information content (AvgIpc) is 0.844. The van der Waals surface area contributed by atoms with Crippen molar-refractivity contribution in [3.8, 4) is 0 Å². The number of allylic oxidation sites excluding steroid dienone is 25. The Morgan fingerprint density at radius 2 is 0.774 bits per heavy atom. The van der Waals surface area contributed by atoms with Gasteiger partial charge in [0.05, 0.1) is 25.4 Å². The average molecular weight is 1290 g/mol. The Morgan fingerprint density at radius 3 is 1.16 bits per heavy atom. The molecule has 1 aliphatic rings. The van der Waals surface area contributed by atoms with Crippen LogP contribution >= 0.6 is 0 Å². The van der Waals surface area contributed by atoms with E-state index in [1.807, 2.05) is 6.08 Å². The predicted octanol–water partition coefficient (Wildman–Crippen LogP) is 19.8. The number of nitrogens with one attached hydrogen (secondary N) is 1. The molecule has 6 N–H and O–H groups in total. The van der Waals surface area contributed by atoms with Gasteiger partial charge in [0, 0.05) is 6.42 Å². The van der Waals surface area contributed by atoms with Gasteiger partial charge in [0.15, 0.2) is 12.4 Å². The monoisotopic (exact) mass is 1290 g/mol. The molecule has 1 rings (SSSR count). The molecule has 8 unspecified atom stereocenters. The molecule has 93 heavy (non-hydrogen) atoms. The van der Waals surface area contributed by atoms with E-state index in [9.17, 15) is 35.1 Å². The molecule has 0 spiro atoms.